The van der Waals surface area contributed by atoms with Crippen LogP contribution < -0.4 is 10.1 Å². The molecular weight excluding hydrogens is 286 g/mol. The number of nitrogens with zero attached hydrogens (tertiary/aromatic N) is 3. The first-order valence-electron chi connectivity index (χ1n) is 5.71. The molecule has 0 aliphatic carbocycles. The number of aryl methyl sites for hydroxylation is 1. The molecule has 3 rings (SSSR count). The Morgan fingerprint density at radius 3 is 3.16 bits per heavy atom. The van der Waals surface area contributed by atoms with Gasteiger partial charge in [0.25, 0.3) is 5.91 Å². The largest absolute Gasteiger partial charge is 0.327 e. The summed E-state index contributed by atoms with van der Waals surface area (Å²) in [7, 11) is 1.87. The Labute approximate surface area is 120 Å². The van der Waals surface area contributed by atoms with Crippen molar-refractivity contribution >= 4 is 29.7 Å². The van der Waals surface area contributed by atoms with E-state index in [9.17, 15) is 4.79 Å². The average Bonchev–Trinajstić information content (AvgIpc) is 2.96. The van der Waals surface area contributed by atoms with E-state index in [0.29, 0.717) is 17.0 Å². The first-order chi connectivity index (χ1) is 8.75. The highest BCUT2D eigenvalue weighted by Crippen LogP contribution is 2.15. The smallest absolute Gasteiger partial charge is 0.300 e. The normalized spacial score (nSPS) is 14.9. The second-order valence-electron chi connectivity index (χ2n) is 4.17. The van der Waals surface area contributed by atoms with E-state index < -0.39 is 0 Å². The molecule has 0 atom stereocenters. The van der Waals surface area contributed by atoms with Gasteiger partial charge in [0.05, 0.1) is 0 Å². The number of H-pyrrole nitrogens is 1. The van der Waals surface area contributed by atoms with Crippen LogP contribution in [-0.2, 0) is 20.0 Å². The lowest BCUT2D eigenvalue weighted by Crippen LogP contribution is -2.24. The van der Waals surface area contributed by atoms with Gasteiger partial charge in [-0.2, -0.15) is 10.1 Å². The SMILES string of the molecule is Cl.Cn1ccsc1=NC(=O)c1n[nH]c2c1CNCC2. The summed E-state index contributed by atoms with van der Waals surface area (Å²) >= 11 is 1.43. The van der Waals surface area contributed by atoms with E-state index >= 15 is 0 Å². The minimum atomic E-state index is -0.283. The highest BCUT2D eigenvalue weighted by Gasteiger charge is 2.21. The standard InChI is InChI=1S/C11H13N5OS.ClH/c1-16-4-5-18-11(16)13-10(17)9-7-6-12-3-2-8(7)14-15-9;/h4-5,12H,2-3,6H2,1H3,(H,14,15);1H. The van der Waals surface area contributed by atoms with Gasteiger partial charge >= 0.3 is 0 Å². The van der Waals surface area contributed by atoms with Gasteiger partial charge in [-0.25, -0.2) is 0 Å². The van der Waals surface area contributed by atoms with Crippen molar-refractivity contribution < 1.29 is 4.79 Å². The number of amides is 1. The van der Waals surface area contributed by atoms with Gasteiger partial charge in [-0.05, 0) is 0 Å². The maximum absolute atomic E-state index is 12.1. The summed E-state index contributed by atoms with van der Waals surface area (Å²) in [5.41, 5.74) is 2.43. The molecule has 2 N–H and O–H groups in total. The number of nitrogens with one attached hydrogen (secondary N) is 2. The lowest BCUT2D eigenvalue weighted by molar-refractivity contribution is 0.0992. The monoisotopic (exact) mass is 299 g/mol. The fourth-order valence-electron chi connectivity index (χ4n) is 1.98. The Bertz CT molecular complexity index is 656. The molecule has 0 aromatic carbocycles. The topological polar surface area (TPSA) is 75.1 Å². The highest BCUT2D eigenvalue weighted by atomic mass is 35.5. The van der Waals surface area contributed by atoms with Crippen LogP contribution in [0.1, 0.15) is 21.7 Å². The molecule has 2 aromatic rings. The number of fused-ring (bicyclic) bond motifs is 1. The van der Waals surface area contributed by atoms with Crippen molar-refractivity contribution in [3.05, 3.63) is 33.3 Å². The van der Waals surface area contributed by atoms with Crippen LogP contribution in [0, 0.1) is 0 Å². The summed E-state index contributed by atoms with van der Waals surface area (Å²) in [4.78, 5) is 16.9. The van der Waals surface area contributed by atoms with Gasteiger partial charge < -0.3 is 9.88 Å². The first kappa shape index (κ1) is 14.0. The lowest BCUT2D eigenvalue weighted by atomic mass is 10.1. The van der Waals surface area contributed by atoms with Crippen molar-refractivity contribution in [2.45, 2.75) is 13.0 Å². The average molecular weight is 300 g/mol. The lowest BCUT2D eigenvalue weighted by Gasteiger charge is -2.11. The fraction of sp³-hybridized carbons (Fsp3) is 0.364. The van der Waals surface area contributed by atoms with E-state index in [1.165, 1.54) is 11.3 Å². The van der Waals surface area contributed by atoms with Gasteiger partial charge in [-0.1, -0.05) is 0 Å². The summed E-state index contributed by atoms with van der Waals surface area (Å²) in [6, 6.07) is 0. The molecule has 1 aliphatic heterocycles. The van der Waals surface area contributed by atoms with E-state index in [-0.39, 0.29) is 18.3 Å². The summed E-state index contributed by atoms with van der Waals surface area (Å²) < 4.78 is 1.82. The number of carbonyl (C=O) groups excluding carboxylic acids is 1. The molecule has 102 valence electrons. The Kier molecular flexibility index (Phi) is 4.18. The Morgan fingerprint density at radius 1 is 1.58 bits per heavy atom. The number of aromatic amines is 1. The molecule has 0 saturated carbocycles. The van der Waals surface area contributed by atoms with E-state index in [1.54, 1.807) is 0 Å². The third kappa shape index (κ3) is 2.63. The molecule has 3 heterocycles. The predicted molar refractivity (Wildman–Crippen MR) is 74.4 cm³/mol. The fourth-order valence-corrected chi connectivity index (χ4v) is 2.70. The van der Waals surface area contributed by atoms with Crippen LogP contribution in [0.2, 0.25) is 0 Å². The summed E-state index contributed by atoms with van der Waals surface area (Å²) in [5, 5.41) is 12.2. The number of carbonyl (C=O) groups is 1. The van der Waals surface area contributed by atoms with E-state index in [0.717, 1.165) is 24.2 Å². The zero-order chi connectivity index (χ0) is 12.5. The molecule has 6 nitrogen and oxygen atoms in total. The third-order valence-electron chi connectivity index (χ3n) is 2.97. The summed E-state index contributed by atoms with van der Waals surface area (Å²) in [6.07, 6.45) is 2.75. The predicted octanol–water partition coefficient (Wildman–Crippen LogP) is 0.618. The first-order valence-corrected chi connectivity index (χ1v) is 6.59. The maximum Gasteiger partial charge on any atom is 0.300 e. The van der Waals surface area contributed by atoms with Crippen molar-refractivity contribution in [2.75, 3.05) is 6.54 Å². The van der Waals surface area contributed by atoms with Crippen LogP contribution in [0.15, 0.2) is 16.6 Å². The molecule has 2 aromatic heterocycles. The van der Waals surface area contributed by atoms with Crippen LogP contribution >= 0.6 is 23.7 Å². The van der Waals surface area contributed by atoms with Crippen LogP contribution in [-0.4, -0.2) is 27.2 Å². The van der Waals surface area contributed by atoms with Crippen LogP contribution in [0.4, 0.5) is 0 Å². The summed E-state index contributed by atoms with van der Waals surface area (Å²) in [6.45, 7) is 1.60. The van der Waals surface area contributed by atoms with Gasteiger partial charge in [-0.15, -0.1) is 23.7 Å². The van der Waals surface area contributed by atoms with E-state index in [4.69, 9.17) is 0 Å². The Hall–Kier alpha value is -1.44. The maximum atomic E-state index is 12.1. The van der Waals surface area contributed by atoms with E-state index in [2.05, 4.69) is 20.5 Å². The molecule has 0 unspecified atom stereocenters. The van der Waals surface area contributed by atoms with Crippen molar-refractivity contribution in [3.8, 4) is 0 Å². The minimum Gasteiger partial charge on any atom is -0.327 e. The van der Waals surface area contributed by atoms with Crippen LogP contribution in [0.25, 0.3) is 0 Å². The zero-order valence-electron chi connectivity index (χ0n) is 10.3. The molecule has 0 saturated heterocycles. The number of aromatic nitrogens is 3. The van der Waals surface area contributed by atoms with Gasteiger partial charge in [0, 0.05) is 49.4 Å². The van der Waals surface area contributed by atoms with Gasteiger partial charge in [0.15, 0.2) is 10.5 Å². The molecule has 0 fully saturated rings. The van der Waals surface area contributed by atoms with Gasteiger partial charge in [0.1, 0.15) is 0 Å². The Morgan fingerprint density at radius 2 is 2.42 bits per heavy atom. The second-order valence-corrected chi connectivity index (χ2v) is 5.04. The third-order valence-corrected chi connectivity index (χ3v) is 3.81. The summed E-state index contributed by atoms with van der Waals surface area (Å²) in [5.74, 6) is -0.283. The molecule has 19 heavy (non-hydrogen) atoms. The van der Waals surface area contributed by atoms with Crippen LogP contribution in [0.3, 0.4) is 0 Å². The quantitative estimate of drug-likeness (QED) is 0.810. The number of hydrogen-bond acceptors (Lipinski definition) is 4. The molecule has 8 heteroatoms. The van der Waals surface area contributed by atoms with E-state index in [1.807, 2.05) is 23.2 Å². The van der Waals surface area contributed by atoms with Crippen molar-refractivity contribution in [1.29, 1.82) is 0 Å². The number of thiazole rings is 1. The highest BCUT2D eigenvalue weighted by molar-refractivity contribution is 7.07. The second kappa shape index (κ2) is 5.68. The number of hydrogen-bond donors (Lipinski definition) is 2. The van der Waals surface area contributed by atoms with Gasteiger partial charge in [-0.3, -0.25) is 9.89 Å². The van der Waals surface area contributed by atoms with Crippen molar-refractivity contribution in [3.63, 3.8) is 0 Å². The molecule has 0 spiro atoms. The van der Waals surface area contributed by atoms with Crippen LogP contribution in [0.5, 0.6) is 0 Å². The molecular formula is C11H14ClN5OS. The Balaban J connectivity index is 0.00000133. The minimum absolute atomic E-state index is 0. The zero-order valence-corrected chi connectivity index (χ0v) is 12.0. The molecule has 1 amide bonds. The van der Waals surface area contributed by atoms with Gasteiger partial charge in [0.2, 0.25) is 0 Å². The molecule has 0 radical (unpaired) electrons. The molecule has 0 bridgehead atoms. The number of rotatable bonds is 1. The van der Waals surface area contributed by atoms with Crippen molar-refractivity contribution in [2.24, 2.45) is 12.0 Å². The van der Waals surface area contributed by atoms with Crippen molar-refractivity contribution in [1.82, 2.24) is 20.1 Å². The number of halogens is 1. The molecule has 1 aliphatic rings.